The van der Waals surface area contributed by atoms with Crippen LogP contribution in [0, 0.1) is 5.92 Å². The van der Waals surface area contributed by atoms with Crippen LogP contribution in [0.2, 0.25) is 0 Å². The highest BCUT2D eigenvalue weighted by atomic mass is 16.2. The van der Waals surface area contributed by atoms with E-state index in [-0.39, 0.29) is 17.7 Å². The fourth-order valence-corrected chi connectivity index (χ4v) is 3.37. The van der Waals surface area contributed by atoms with Crippen LogP contribution in [0.1, 0.15) is 18.4 Å². The van der Waals surface area contributed by atoms with Crippen LogP contribution < -0.4 is 0 Å². The molecular formula is C21H24N2O2. The minimum atomic E-state index is 0.0173. The van der Waals surface area contributed by atoms with Gasteiger partial charge in [-0.15, -0.1) is 0 Å². The second-order valence-corrected chi connectivity index (χ2v) is 6.73. The van der Waals surface area contributed by atoms with Gasteiger partial charge in [-0.25, -0.2) is 0 Å². The number of piperidine rings is 1. The Morgan fingerprint density at radius 1 is 1.04 bits per heavy atom. The molecule has 0 aliphatic carbocycles. The van der Waals surface area contributed by atoms with Crippen molar-refractivity contribution < 1.29 is 9.59 Å². The second-order valence-electron chi connectivity index (χ2n) is 6.73. The van der Waals surface area contributed by atoms with E-state index in [0.29, 0.717) is 13.1 Å². The van der Waals surface area contributed by atoms with Crippen LogP contribution in [0.3, 0.4) is 0 Å². The average molecular weight is 336 g/mol. The van der Waals surface area contributed by atoms with E-state index in [1.807, 2.05) is 35.2 Å². The summed E-state index contributed by atoms with van der Waals surface area (Å²) >= 11 is 0. The van der Waals surface area contributed by atoms with Crippen LogP contribution in [-0.2, 0) is 9.59 Å². The summed E-state index contributed by atoms with van der Waals surface area (Å²) in [4.78, 5) is 28.0. The van der Waals surface area contributed by atoms with Gasteiger partial charge in [0.25, 0.3) is 0 Å². The van der Waals surface area contributed by atoms with Crippen LogP contribution >= 0.6 is 0 Å². The molecule has 2 aromatic rings. The summed E-state index contributed by atoms with van der Waals surface area (Å²) in [6, 6.07) is 14.3. The summed E-state index contributed by atoms with van der Waals surface area (Å²) in [6.45, 7) is 1.28. The monoisotopic (exact) mass is 336 g/mol. The van der Waals surface area contributed by atoms with Crippen molar-refractivity contribution in [3.05, 3.63) is 54.1 Å². The van der Waals surface area contributed by atoms with Gasteiger partial charge in [0.15, 0.2) is 0 Å². The lowest BCUT2D eigenvalue weighted by molar-refractivity contribution is -0.137. The maximum atomic E-state index is 12.5. The van der Waals surface area contributed by atoms with E-state index in [1.165, 1.54) is 5.39 Å². The zero-order valence-corrected chi connectivity index (χ0v) is 14.8. The molecular weight excluding hydrogens is 312 g/mol. The Labute approximate surface area is 148 Å². The van der Waals surface area contributed by atoms with Crippen molar-refractivity contribution in [1.29, 1.82) is 0 Å². The van der Waals surface area contributed by atoms with Crippen molar-refractivity contribution in [2.24, 2.45) is 5.92 Å². The van der Waals surface area contributed by atoms with E-state index in [0.717, 1.165) is 23.8 Å². The summed E-state index contributed by atoms with van der Waals surface area (Å²) in [5, 5.41) is 2.31. The normalized spacial score (nSPS) is 15.7. The molecule has 0 spiro atoms. The number of amides is 2. The Morgan fingerprint density at radius 3 is 2.44 bits per heavy atom. The molecule has 4 heteroatoms. The Morgan fingerprint density at radius 2 is 1.72 bits per heavy atom. The Balaban J connectivity index is 1.65. The number of nitrogens with zero attached hydrogens (tertiary/aromatic N) is 2. The Hall–Kier alpha value is -2.62. The zero-order valence-electron chi connectivity index (χ0n) is 14.8. The maximum absolute atomic E-state index is 12.5. The van der Waals surface area contributed by atoms with Crippen LogP contribution in [0.5, 0.6) is 0 Å². The fraction of sp³-hybridized carbons (Fsp3) is 0.333. The minimum Gasteiger partial charge on any atom is -0.349 e. The first kappa shape index (κ1) is 17.2. The van der Waals surface area contributed by atoms with Crippen LogP contribution in [-0.4, -0.2) is 48.8 Å². The largest absolute Gasteiger partial charge is 0.349 e. The lowest BCUT2D eigenvalue weighted by atomic mass is 9.95. The lowest BCUT2D eigenvalue weighted by Gasteiger charge is -2.31. The summed E-state index contributed by atoms with van der Waals surface area (Å²) in [5.74, 6) is 0.225. The first-order valence-electron chi connectivity index (χ1n) is 8.72. The number of fused-ring (bicyclic) bond motifs is 1. The molecule has 0 aromatic heterocycles. The molecule has 130 valence electrons. The summed E-state index contributed by atoms with van der Waals surface area (Å²) < 4.78 is 0. The van der Waals surface area contributed by atoms with E-state index >= 15 is 0 Å². The molecule has 1 fully saturated rings. The van der Waals surface area contributed by atoms with E-state index in [1.54, 1.807) is 25.1 Å². The maximum Gasteiger partial charge on any atom is 0.246 e. The van der Waals surface area contributed by atoms with Crippen molar-refractivity contribution in [2.45, 2.75) is 12.8 Å². The molecule has 0 radical (unpaired) electrons. The Bertz CT molecular complexity index is 797. The van der Waals surface area contributed by atoms with Gasteiger partial charge in [0, 0.05) is 39.2 Å². The van der Waals surface area contributed by atoms with Crippen molar-refractivity contribution in [2.75, 3.05) is 27.2 Å². The first-order chi connectivity index (χ1) is 12.1. The average Bonchev–Trinajstić information content (AvgIpc) is 2.65. The number of likely N-dealkylation sites (tertiary alicyclic amines) is 1. The molecule has 1 heterocycles. The number of benzene rings is 2. The van der Waals surface area contributed by atoms with Crippen LogP contribution in [0.15, 0.2) is 48.5 Å². The molecule has 4 nitrogen and oxygen atoms in total. The third kappa shape index (κ3) is 3.90. The first-order valence-corrected chi connectivity index (χ1v) is 8.72. The summed E-state index contributed by atoms with van der Waals surface area (Å²) in [6.07, 6.45) is 5.02. The van der Waals surface area contributed by atoms with Crippen molar-refractivity contribution >= 4 is 28.7 Å². The highest BCUT2D eigenvalue weighted by molar-refractivity contribution is 5.96. The summed E-state index contributed by atoms with van der Waals surface area (Å²) in [7, 11) is 3.57. The van der Waals surface area contributed by atoms with E-state index < -0.39 is 0 Å². The Kier molecular flexibility index (Phi) is 5.17. The lowest BCUT2D eigenvalue weighted by Crippen LogP contribution is -2.42. The van der Waals surface area contributed by atoms with Crippen LogP contribution in [0.4, 0.5) is 0 Å². The van der Waals surface area contributed by atoms with E-state index in [2.05, 4.69) is 18.2 Å². The predicted octanol–water partition coefficient (Wildman–Crippen LogP) is 3.18. The van der Waals surface area contributed by atoms with Gasteiger partial charge >= 0.3 is 0 Å². The van der Waals surface area contributed by atoms with Gasteiger partial charge in [-0.3, -0.25) is 9.59 Å². The molecule has 2 aromatic carbocycles. The number of hydrogen-bond acceptors (Lipinski definition) is 2. The highest BCUT2D eigenvalue weighted by Gasteiger charge is 2.27. The van der Waals surface area contributed by atoms with Gasteiger partial charge in [-0.1, -0.05) is 42.5 Å². The smallest absolute Gasteiger partial charge is 0.246 e. The molecule has 2 amide bonds. The second kappa shape index (κ2) is 7.51. The van der Waals surface area contributed by atoms with Crippen LogP contribution in [0.25, 0.3) is 16.8 Å². The topological polar surface area (TPSA) is 40.6 Å². The van der Waals surface area contributed by atoms with Gasteiger partial charge in [-0.2, -0.15) is 0 Å². The molecule has 1 saturated heterocycles. The number of carbonyl (C=O) groups excluding carboxylic acids is 2. The molecule has 0 N–H and O–H groups in total. The van der Waals surface area contributed by atoms with Crippen molar-refractivity contribution in [1.82, 2.24) is 9.80 Å². The molecule has 25 heavy (non-hydrogen) atoms. The van der Waals surface area contributed by atoms with Crippen molar-refractivity contribution in [3.8, 4) is 0 Å². The molecule has 3 rings (SSSR count). The third-order valence-corrected chi connectivity index (χ3v) is 4.83. The quantitative estimate of drug-likeness (QED) is 0.808. The van der Waals surface area contributed by atoms with Gasteiger partial charge in [0.05, 0.1) is 0 Å². The van der Waals surface area contributed by atoms with Gasteiger partial charge < -0.3 is 9.80 Å². The van der Waals surface area contributed by atoms with E-state index in [9.17, 15) is 9.59 Å². The third-order valence-electron chi connectivity index (χ3n) is 4.83. The van der Waals surface area contributed by atoms with E-state index in [4.69, 9.17) is 0 Å². The fourth-order valence-electron chi connectivity index (χ4n) is 3.37. The molecule has 0 atom stereocenters. The molecule has 0 bridgehead atoms. The summed E-state index contributed by atoms with van der Waals surface area (Å²) in [5.41, 5.74) is 1.05. The predicted molar refractivity (Wildman–Crippen MR) is 101 cm³/mol. The van der Waals surface area contributed by atoms with Gasteiger partial charge in [0.2, 0.25) is 11.8 Å². The molecule has 0 unspecified atom stereocenters. The van der Waals surface area contributed by atoms with Gasteiger partial charge in [0.1, 0.15) is 0 Å². The molecule has 0 saturated carbocycles. The molecule has 1 aliphatic rings. The number of hydrogen-bond donors (Lipinski definition) is 0. The molecule has 1 aliphatic heterocycles. The van der Waals surface area contributed by atoms with Gasteiger partial charge in [-0.05, 0) is 35.3 Å². The SMILES string of the molecule is CN(C)C(=O)C1CCN(C(=O)C=Cc2cccc3ccccc23)CC1. The highest BCUT2D eigenvalue weighted by Crippen LogP contribution is 2.21. The number of carbonyl (C=O) groups is 2. The standard InChI is InChI=1S/C21H24N2O2/c1-22(2)21(25)18-12-14-23(15-13-18)20(24)11-10-17-8-5-7-16-6-3-4-9-19(16)17/h3-11,18H,12-15H2,1-2H3. The number of rotatable bonds is 3. The minimum absolute atomic E-state index is 0.0173. The zero-order chi connectivity index (χ0) is 17.8. The van der Waals surface area contributed by atoms with Crippen molar-refractivity contribution in [3.63, 3.8) is 0 Å².